The maximum Gasteiger partial charge on any atom is 0.0934 e. The molecule has 1 rings (SSSR count). The molecule has 0 bridgehead atoms. The van der Waals surface area contributed by atoms with Crippen LogP contribution in [-0.4, -0.2) is 30.7 Å². The van der Waals surface area contributed by atoms with Gasteiger partial charge in [-0.25, -0.2) is 0 Å². The normalized spacial score (nSPS) is 30.0. The van der Waals surface area contributed by atoms with E-state index in [2.05, 4.69) is 34.4 Å². The third kappa shape index (κ3) is 1.20. The van der Waals surface area contributed by atoms with Gasteiger partial charge < -0.3 is 4.48 Å². The smallest absolute Gasteiger partial charge is 0.0934 e. The van der Waals surface area contributed by atoms with Gasteiger partial charge in [-0.1, -0.05) is 0 Å². The second-order valence-electron chi connectivity index (χ2n) is 4.50. The lowest BCUT2D eigenvalue weighted by molar-refractivity contribution is -0.941. The van der Waals surface area contributed by atoms with Gasteiger partial charge in [0.15, 0.2) is 0 Å². The minimum Gasteiger partial charge on any atom is -0.324 e. The van der Waals surface area contributed by atoms with Crippen molar-refractivity contribution in [2.45, 2.75) is 32.2 Å². The highest BCUT2D eigenvalue weighted by molar-refractivity contribution is 4.83. The van der Waals surface area contributed by atoms with E-state index in [1.807, 2.05) is 0 Å². The maximum absolute atomic E-state index is 2.42. The first-order valence-corrected chi connectivity index (χ1v) is 4.10. The fraction of sp³-hybridized carbons (Fsp3) is 0.889. The van der Waals surface area contributed by atoms with Gasteiger partial charge in [-0.15, -0.1) is 0 Å². The number of hydrogen-bond acceptors (Lipinski definition) is 0. The van der Waals surface area contributed by atoms with E-state index in [-0.39, 0.29) is 0 Å². The molecule has 0 aliphatic carbocycles. The summed E-state index contributed by atoms with van der Waals surface area (Å²) in [6.45, 7) is 6.00. The van der Waals surface area contributed by atoms with E-state index in [9.17, 15) is 0 Å². The minimum atomic E-state index is 0.457. The lowest BCUT2D eigenvalue weighted by Crippen LogP contribution is -2.58. The second-order valence-corrected chi connectivity index (χ2v) is 4.50. The molecule has 1 aliphatic rings. The first kappa shape index (κ1) is 8.06. The summed E-state index contributed by atoms with van der Waals surface area (Å²) < 4.78 is 1.17. The van der Waals surface area contributed by atoms with E-state index in [4.69, 9.17) is 0 Å². The molecule has 1 radical (unpaired) electrons. The van der Waals surface area contributed by atoms with Crippen LogP contribution < -0.4 is 0 Å². The molecular weight excluding hydrogens is 122 g/mol. The first-order chi connectivity index (χ1) is 4.46. The zero-order chi connectivity index (χ0) is 7.83. The molecular formula is C9H19N+. The molecule has 1 saturated heterocycles. The molecule has 0 unspecified atom stereocenters. The highest BCUT2D eigenvalue weighted by Gasteiger charge is 2.38. The molecule has 0 aromatic carbocycles. The Labute approximate surface area is 64.6 Å². The van der Waals surface area contributed by atoms with E-state index < -0.39 is 0 Å². The number of nitrogens with zero attached hydrogens (tertiary/aromatic N) is 1. The Morgan fingerprint density at radius 2 is 1.90 bits per heavy atom. The van der Waals surface area contributed by atoms with Gasteiger partial charge in [0.05, 0.1) is 26.2 Å². The minimum absolute atomic E-state index is 0.457. The average Bonchev–Trinajstić information content (AvgIpc) is 1.77. The molecule has 10 heavy (non-hydrogen) atoms. The van der Waals surface area contributed by atoms with Crippen molar-refractivity contribution < 1.29 is 4.48 Å². The molecule has 1 heterocycles. The average molecular weight is 141 g/mol. The summed E-state index contributed by atoms with van der Waals surface area (Å²) in [5.41, 5.74) is 0.457. The van der Waals surface area contributed by atoms with Crippen LogP contribution in [0.15, 0.2) is 0 Å². The van der Waals surface area contributed by atoms with E-state index in [0.29, 0.717) is 5.54 Å². The number of piperidine rings is 1. The van der Waals surface area contributed by atoms with Crippen LogP contribution >= 0.6 is 0 Å². The van der Waals surface area contributed by atoms with Crippen molar-refractivity contribution in [2.75, 3.05) is 20.6 Å². The van der Waals surface area contributed by atoms with Crippen molar-refractivity contribution in [1.29, 1.82) is 0 Å². The monoisotopic (exact) mass is 141 g/mol. The van der Waals surface area contributed by atoms with E-state index in [1.165, 1.54) is 23.9 Å². The quantitative estimate of drug-likeness (QED) is 0.452. The predicted molar refractivity (Wildman–Crippen MR) is 44.6 cm³/mol. The standard InChI is InChI=1S/C9H19N/c1-9(2)7-5-6-8-10(9,3)4/h5H,6-8H2,1-4H3/q+1. The molecule has 0 N–H and O–H groups in total. The molecule has 1 nitrogen and oxygen atoms in total. The van der Waals surface area contributed by atoms with Crippen LogP contribution in [0.1, 0.15) is 26.7 Å². The SMILES string of the molecule is CC1(C)C[CH]CC[N+]1(C)C. The fourth-order valence-corrected chi connectivity index (χ4v) is 1.42. The van der Waals surface area contributed by atoms with Crippen molar-refractivity contribution in [3.8, 4) is 0 Å². The molecule has 0 amide bonds. The Kier molecular flexibility index (Phi) is 1.80. The van der Waals surface area contributed by atoms with Crippen molar-refractivity contribution >= 4 is 0 Å². The lowest BCUT2D eigenvalue weighted by atomic mass is 9.89. The summed E-state index contributed by atoms with van der Waals surface area (Å²) in [4.78, 5) is 0. The molecule has 0 atom stereocenters. The molecule has 1 aliphatic heterocycles. The summed E-state index contributed by atoms with van der Waals surface area (Å²) in [5, 5.41) is 0. The Hall–Kier alpha value is -0.0400. The molecule has 0 spiro atoms. The van der Waals surface area contributed by atoms with E-state index in [1.54, 1.807) is 0 Å². The van der Waals surface area contributed by atoms with Crippen molar-refractivity contribution in [2.24, 2.45) is 0 Å². The van der Waals surface area contributed by atoms with Gasteiger partial charge in [0, 0.05) is 6.42 Å². The number of likely N-dealkylation sites (tertiary alicyclic amines) is 1. The van der Waals surface area contributed by atoms with Crippen LogP contribution in [0, 0.1) is 6.42 Å². The summed E-state index contributed by atoms with van der Waals surface area (Å²) in [6, 6.07) is 0. The summed E-state index contributed by atoms with van der Waals surface area (Å²) >= 11 is 0. The van der Waals surface area contributed by atoms with Crippen LogP contribution in [0.5, 0.6) is 0 Å². The highest BCUT2D eigenvalue weighted by atomic mass is 15.4. The van der Waals surface area contributed by atoms with Crippen molar-refractivity contribution in [3.05, 3.63) is 6.42 Å². The van der Waals surface area contributed by atoms with Crippen LogP contribution in [0.2, 0.25) is 0 Å². The number of hydrogen-bond donors (Lipinski definition) is 0. The number of rotatable bonds is 0. The number of quaternary nitrogens is 1. The van der Waals surface area contributed by atoms with Gasteiger partial charge in [-0.2, -0.15) is 0 Å². The Balaban J connectivity index is 2.70. The van der Waals surface area contributed by atoms with Gasteiger partial charge >= 0.3 is 0 Å². The molecule has 1 fully saturated rings. The van der Waals surface area contributed by atoms with Crippen LogP contribution in [-0.2, 0) is 0 Å². The van der Waals surface area contributed by atoms with Crippen molar-refractivity contribution in [3.63, 3.8) is 0 Å². The maximum atomic E-state index is 2.42. The van der Waals surface area contributed by atoms with Gasteiger partial charge in [-0.3, -0.25) is 0 Å². The third-order valence-electron chi connectivity index (χ3n) is 3.17. The Morgan fingerprint density at radius 3 is 2.20 bits per heavy atom. The lowest BCUT2D eigenvalue weighted by Gasteiger charge is -2.47. The topological polar surface area (TPSA) is 0 Å². The Morgan fingerprint density at radius 1 is 1.30 bits per heavy atom. The summed E-state index contributed by atoms with van der Waals surface area (Å²) in [6.07, 6.45) is 4.97. The predicted octanol–water partition coefficient (Wildman–Crippen LogP) is 1.84. The van der Waals surface area contributed by atoms with E-state index in [0.717, 1.165) is 0 Å². The van der Waals surface area contributed by atoms with Gasteiger partial charge in [0.25, 0.3) is 0 Å². The molecule has 59 valence electrons. The molecule has 1 heteroatoms. The largest absolute Gasteiger partial charge is 0.324 e. The third-order valence-corrected chi connectivity index (χ3v) is 3.17. The van der Waals surface area contributed by atoms with E-state index >= 15 is 0 Å². The van der Waals surface area contributed by atoms with Crippen molar-refractivity contribution in [1.82, 2.24) is 0 Å². The summed E-state index contributed by atoms with van der Waals surface area (Å²) in [5.74, 6) is 0. The second kappa shape index (κ2) is 2.23. The summed E-state index contributed by atoms with van der Waals surface area (Å²) in [7, 11) is 4.65. The molecule has 0 aromatic heterocycles. The van der Waals surface area contributed by atoms with Crippen LogP contribution in [0.25, 0.3) is 0 Å². The molecule has 0 saturated carbocycles. The van der Waals surface area contributed by atoms with Gasteiger partial charge in [0.2, 0.25) is 0 Å². The van der Waals surface area contributed by atoms with Crippen LogP contribution in [0.4, 0.5) is 0 Å². The zero-order valence-corrected chi connectivity index (χ0v) is 7.65. The zero-order valence-electron chi connectivity index (χ0n) is 7.65. The molecule has 0 aromatic rings. The van der Waals surface area contributed by atoms with Gasteiger partial charge in [-0.05, 0) is 26.7 Å². The highest BCUT2D eigenvalue weighted by Crippen LogP contribution is 2.30. The fourth-order valence-electron chi connectivity index (χ4n) is 1.42. The Bertz CT molecular complexity index is 109. The first-order valence-electron chi connectivity index (χ1n) is 4.10. The van der Waals surface area contributed by atoms with Gasteiger partial charge in [0.1, 0.15) is 0 Å². The van der Waals surface area contributed by atoms with Crippen LogP contribution in [0.3, 0.4) is 0 Å².